The van der Waals surface area contributed by atoms with Crippen molar-refractivity contribution >= 4 is 39.5 Å². The maximum absolute atomic E-state index is 13.1. The SMILES string of the molecule is CCCCCCCCCCCCCCCCC(=O)O[C@H](COC(=O)CCCCCCCCCC)COP(=O)(O)OC[C@H](O)COP(=O)(O)OC[C@@H](COC(=O)CCCCCCCCCCCCCCC(C)C)OC(=O)CCCCCCCCCCCCCCCCCC(C)C. The summed E-state index contributed by atoms with van der Waals surface area (Å²) in [6.07, 6.45) is 55.4. The van der Waals surface area contributed by atoms with Crippen molar-refractivity contribution in [3.8, 4) is 0 Å². The van der Waals surface area contributed by atoms with Gasteiger partial charge in [-0.1, -0.05) is 343 Å². The molecule has 19 heteroatoms. The van der Waals surface area contributed by atoms with Gasteiger partial charge in [0.25, 0.3) is 0 Å². The van der Waals surface area contributed by atoms with E-state index in [4.69, 9.17) is 37.0 Å². The molecule has 0 amide bonds. The number of aliphatic hydroxyl groups is 1. The molecule has 17 nitrogen and oxygen atoms in total. The first-order chi connectivity index (χ1) is 45.9. The minimum atomic E-state index is -4.96. The summed E-state index contributed by atoms with van der Waals surface area (Å²) >= 11 is 0. The fourth-order valence-corrected chi connectivity index (χ4v) is 13.2. The number of carbonyl (C=O) groups excluding carboxylic acids is 4. The van der Waals surface area contributed by atoms with Crippen LogP contribution in [0.3, 0.4) is 0 Å². The van der Waals surface area contributed by atoms with E-state index in [1.54, 1.807) is 0 Å². The molecule has 0 saturated heterocycles. The summed E-state index contributed by atoms with van der Waals surface area (Å²) in [6, 6.07) is 0. The molecule has 0 aliphatic rings. The summed E-state index contributed by atoms with van der Waals surface area (Å²) in [7, 11) is -9.91. The maximum Gasteiger partial charge on any atom is 0.472 e. The van der Waals surface area contributed by atoms with Crippen LogP contribution < -0.4 is 0 Å². The normalized spacial score (nSPS) is 14.0. The predicted octanol–water partition coefficient (Wildman–Crippen LogP) is 22.3. The van der Waals surface area contributed by atoms with Gasteiger partial charge in [-0.3, -0.25) is 37.3 Å². The lowest BCUT2D eigenvalue weighted by molar-refractivity contribution is -0.161. The van der Waals surface area contributed by atoms with E-state index < -0.39 is 97.5 Å². The van der Waals surface area contributed by atoms with Crippen molar-refractivity contribution in [2.24, 2.45) is 11.8 Å². The predicted molar refractivity (Wildman–Crippen MR) is 386 cm³/mol. The summed E-state index contributed by atoms with van der Waals surface area (Å²) in [6.45, 7) is 9.62. The number of ether oxygens (including phenoxy) is 4. The number of unbranched alkanes of at least 4 members (excludes halogenated alkanes) is 45. The van der Waals surface area contributed by atoms with Crippen molar-refractivity contribution < 1.29 is 80.2 Å². The van der Waals surface area contributed by atoms with Gasteiger partial charge in [-0.05, 0) is 37.5 Å². The number of hydrogen-bond acceptors (Lipinski definition) is 15. The minimum Gasteiger partial charge on any atom is -0.462 e. The van der Waals surface area contributed by atoms with Crippen molar-refractivity contribution in [3.05, 3.63) is 0 Å². The number of phosphoric acid groups is 2. The lowest BCUT2D eigenvalue weighted by Crippen LogP contribution is -2.30. The molecule has 0 aromatic heterocycles. The Morgan fingerprint density at radius 3 is 0.716 bits per heavy atom. The summed E-state index contributed by atoms with van der Waals surface area (Å²) in [5.74, 6) is -0.532. The number of esters is 4. The van der Waals surface area contributed by atoms with E-state index in [-0.39, 0.29) is 25.7 Å². The van der Waals surface area contributed by atoms with E-state index >= 15 is 0 Å². The summed E-state index contributed by atoms with van der Waals surface area (Å²) < 4.78 is 68.5. The van der Waals surface area contributed by atoms with Crippen LogP contribution in [0.5, 0.6) is 0 Å². The molecule has 0 fully saturated rings. The molecule has 0 rings (SSSR count). The van der Waals surface area contributed by atoms with E-state index in [0.717, 1.165) is 108 Å². The lowest BCUT2D eigenvalue weighted by atomic mass is 10.0. The Hall–Kier alpha value is -1.94. The van der Waals surface area contributed by atoms with E-state index in [0.29, 0.717) is 25.7 Å². The van der Waals surface area contributed by atoms with Crippen LogP contribution in [0.2, 0.25) is 0 Å². The van der Waals surface area contributed by atoms with Gasteiger partial charge in [0, 0.05) is 25.7 Å². The van der Waals surface area contributed by atoms with Gasteiger partial charge in [-0.15, -0.1) is 0 Å². The highest BCUT2D eigenvalue weighted by molar-refractivity contribution is 7.47. The summed E-state index contributed by atoms with van der Waals surface area (Å²) in [5.41, 5.74) is 0. The number of phosphoric ester groups is 2. The fraction of sp³-hybridized carbons (Fsp3) is 0.947. The highest BCUT2D eigenvalue weighted by Gasteiger charge is 2.30. The van der Waals surface area contributed by atoms with Crippen molar-refractivity contribution in [1.82, 2.24) is 0 Å². The summed E-state index contributed by atoms with van der Waals surface area (Å²) in [5, 5.41) is 10.6. The molecular weight excluding hydrogens is 1250 g/mol. The van der Waals surface area contributed by atoms with E-state index in [9.17, 15) is 43.2 Å². The summed E-state index contributed by atoms with van der Waals surface area (Å²) in [4.78, 5) is 72.7. The van der Waals surface area contributed by atoms with Crippen molar-refractivity contribution in [3.63, 3.8) is 0 Å². The first-order valence-electron chi connectivity index (χ1n) is 39.5. The maximum atomic E-state index is 13.1. The third-order valence-corrected chi connectivity index (χ3v) is 19.6. The van der Waals surface area contributed by atoms with Crippen molar-refractivity contribution in [2.45, 2.75) is 413 Å². The third kappa shape index (κ3) is 70.3. The van der Waals surface area contributed by atoms with Crippen LogP contribution in [0, 0.1) is 11.8 Å². The Bertz CT molecular complexity index is 1840. The van der Waals surface area contributed by atoms with Crippen LogP contribution in [0.25, 0.3) is 0 Å². The van der Waals surface area contributed by atoms with Gasteiger partial charge in [0.15, 0.2) is 12.2 Å². The molecule has 0 aliphatic carbocycles. The Morgan fingerprint density at radius 2 is 0.484 bits per heavy atom. The zero-order chi connectivity index (χ0) is 70.0. The molecular formula is C76H148O17P2. The molecule has 564 valence electrons. The molecule has 0 aliphatic heterocycles. The molecule has 0 saturated carbocycles. The van der Waals surface area contributed by atoms with Gasteiger partial charge in [0.2, 0.25) is 0 Å². The second-order valence-corrected chi connectivity index (χ2v) is 31.3. The Kier molecular flexibility index (Phi) is 66.5. The van der Waals surface area contributed by atoms with Gasteiger partial charge >= 0.3 is 39.5 Å². The number of rotatable bonds is 75. The molecule has 5 atom stereocenters. The highest BCUT2D eigenvalue weighted by atomic mass is 31.2. The number of hydrogen-bond donors (Lipinski definition) is 3. The number of carbonyl (C=O) groups is 4. The molecule has 0 radical (unpaired) electrons. The largest absolute Gasteiger partial charge is 0.472 e. The molecule has 0 spiro atoms. The van der Waals surface area contributed by atoms with Gasteiger partial charge in [-0.25, -0.2) is 9.13 Å². The molecule has 0 aromatic carbocycles. The first kappa shape index (κ1) is 93.1. The zero-order valence-corrected chi connectivity index (χ0v) is 63.8. The zero-order valence-electron chi connectivity index (χ0n) is 62.0. The van der Waals surface area contributed by atoms with Crippen LogP contribution >= 0.6 is 15.6 Å². The third-order valence-electron chi connectivity index (χ3n) is 17.7. The van der Waals surface area contributed by atoms with Gasteiger partial charge in [-0.2, -0.15) is 0 Å². The average Bonchev–Trinajstić information content (AvgIpc) is 1.33. The molecule has 95 heavy (non-hydrogen) atoms. The second kappa shape index (κ2) is 67.9. The molecule has 2 unspecified atom stereocenters. The average molecular weight is 1400 g/mol. The monoisotopic (exact) mass is 1400 g/mol. The minimum absolute atomic E-state index is 0.108. The van der Waals surface area contributed by atoms with Crippen molar-refractivity contribution in [1.29, 1.82) is 0 Å². The first-order valence-corrected chi connectivity index (χ1v) is 42.5. The smallest absolute Gasteiger partial charge is 0.462 e. The number of aliphatic hydroxyl groups excluding tert-OH is 1. The Labute approximate surface area is 581 Å². The van der Waals surface area contributed by atoms with Gasteiger partial charge in [0.1, 0.15) is 19.3 Å². The van der Waals surface area contributed by atoms with Crippen LogP contribution in [-0.2, 0) is 65.4 Å². The van der Waals surface area contributed by atoms with Gasteiger partial charge in [0.05, 0.1) is 26.4 Å². The lowest BCUT2D eigenvalue weighted by Gasteiger charge is -2.21. The standard InChI is InChI=1S/C76H148O17P2/c1-7-9-11-13-15-17-18-19-24-31-36-42-48-54-60-75(80)92-71(64-86-73(78)58-52-46-40-16-14-12-10-8-2)66-90-94(82,83)88-62-70(77)63-89-95(84,85)91-67-72(65-87-74(79)59-53-47-41-35-30-27-26-29-34-39-45-51-57-69(5)6)93-76(81)61-55-49-43-37-32-25-22-20-21-23-28-33-38-44-50-56-68(3)4/h68-72,77H,7-67H2,1-6H3,(H,82,83)(H,84,85)/t70-,71+,72+/m0/s1. The Balaban J connectivity index is 5.21. The van der Waals surface area contributed by atoms with Crippen LogP contribution in [0.1, 0.15) is 395 Å². The van der Waals surface area contributed by atoms with Gasteiger partial charge < -0.3 is 33.8 Å². The molecule has 0 bridgehead atoms. The molecule has 3 N–H and O–H groups in total. The quantitative estimate of drug-likeness (QED) is 0.0222. The van der Waals surface area contributed by atoms with E-state index in [1.807, 2.05) is 0 Å². The highest BCUT2D eigenvalue weighted by Crippen LogP contribution is 2.45. The molecule has 0 aromatic rings. The second-order valence-electron chi connectivity index (χ2n) is 28.3. The Morgan fingerprint density at radius 1 is 0.284 bits per heavy atom. The van der Waals surface area contributed by atoms with Crippen LogP contribution in [0.15, 0.2) is 0 Å². The van der Waals surface area contributed by atoms with E-state index in [2.05, 4.69) is 41.5 Å². The molecule has 0 heterocycles. The van der Waals surface area contributed by atoms with Crippen molar-refractivity contribution in [2.75, 3.05) is 39.6 Å². The fourth-order valence-electron chi connectivity index (χ4n) is 11.7. The van der Waals surface area contributed by atoms with E-state index in [1.165, 1.54) is 205 Å². The van der Waals surface area contributed by atoms with Crippen LogP contribution in [0.4, 0.5) is 0 Å². The van der Waals surface area contributed by atoms with Crippen LogP contribution in [-0.4, -0.2) is 96.7 Å². The topological polar surface area (TPSA) is 237 Å².